The van der Waals surface area contributed by atoms with Crippen molar-refractivity contribution < 1.29 is 14.4 Å². The maximum Gasteiger partial charge on any atom is 0.242 e. The SMILES string of the molecule is C#Cc1ccccc1CC(=O)N[C@@H](CC(N)=O)C(=O)NC. The summed E-state index contributed by atoms with van der Waals surface area (Å²) in [5.74, 6) is 0.925. The molecule has 0 aliphatic heterocycles. The van der Waals surface area contributed by atoms with Crippen molar-refractivity contribution in [1.29, 1.82) is 0 Å². The normalized spacial score (nSPS) is 11.0. The standard InChI is InChI=1S/C15H17N3O3/c1-3-10-6-4-5-7-11(10)8-14(20)18-12(9-13(16)19)15(21)17-2/h1,4-7,12H,8-9H2,2H3,(H2,16,19)(H,17,21)(H,18,20)/t12-/m0/s1. The molecule has 21 heavy (non-hydrogen) atoms. The van der Waals surface area contributed by atoms with E-state index in [9.17, 15) is 14.4 Å². The zero-order chi connectivity index (χ0) is 15.8. The zero-order valence-electron chi connectivity index (χ0n) is 11.7. The van der Waals surface area contributed by atoms with Crippen molar-refractivity contribution in [3.63, 3.8) is 0 Å². The van der Waals surface area contributed by atoms with Crippen molar-refractivity contribution >= 4 is 17.7 Å². The second-order valence-electron chi connectivity index (χ2n) is 4.38. The molecule has 0 saturated heterocycles. The molecule has 0 spiro atoms. The molecule has 0 aliphatic carbocycles. The number of hydrogen-bond donors (Lipinski definition) is 3. The molecule has 110 valence electrons. The van der Waals surface area contributed by atoms with Crippen molar-refractivity contribution in [2.45, 2.75) is 18.9 Å². The van der Waals surface area contributed by atoms with E-state index in [2.05, 4.69) is 16.6 Å². The van der Waals surface area contributed by atoms with E-state index in [4.69, 9.17) is 12.2 Å². The van der Waals surface area contributed by atoms with Crippen LogP contribution in [0.1, 0.15) is 17.5 Å². The zero-order valence-corrected chi connectivity index (χ0v) is 11.7. The average molecular weight is 287 g/mol. The van der Waals surface area contributed by atoms with Gasteiger partial charge in [0.2, 0.25) is 17.7 Å². The van der Waals surface area contributed by atoms with Gasteiger partial charge in [-0.15, -0.1) is 6.42 Å². The molecule has 0 aliphatic rings. The van der Waals surface area contributed by atoms with Crippen LogP contribution in [-0.4, -0.2) is 30.8 Å². The van der Waals surface area contributed by atoms with Crippen LogP contribution in [0, 0.1) is 12.3 Å². The predicted molar refractivity (Wildman–Crippen MR) is 77.9 cm³/mol. The van der Waals surface area contributed by atoms with E-state index in [1.807, 2.05) is 0 Å². The third-order valence-corrected chi connectivity index (χ3v) is 2.83. The molecular formula is C15H17N3O3. The number of rotatable bonds is 6. The number of nitrogens with one attached hydrogen (secondary N) is 2. The lowest BCUT2D eigenvalue weighted by molar-refractivity contribution is -0.130. The van der Waals surface area contributed by atoms with Gasteiger partial charge in [0.25, 0.3) is 0 Å². The van der Waals surface area contributed by atoms with Gasteiger partial charge in [0.1, 0.15) is 6.04 Å². The Balaban J connectivity index is 2.76. The number of hydrogen-bond acceptors (Lipinski definition) is 3. The van der Waals surface area contributed by atoms with E-state index in [-0.39, 0.29) is 12.8 Å². The molecule has 0 aromatic heterocycles. The molecule has 6 nitrogen and oxygen atoms in total. The van der Waals surface area contributed by atoms with Crippen LogP contribution in [0.3, 0.4) is 0 Å². The fourth-order valence-electron chi connectivity index (χ4n) is 1.82. The minimum absolute atomic E-state index is 0.0205. The van der Waals surface area contributed by atoms with Crippen molar-refractivity contribution in [2.24, 2.45) is 5.73 Å². The summed E-state index contributed by atoms with van der Waals surface area (Å²) in [6, 6.07) is 6.01. The van der Waals surface area contributed by atoms with Crippen LogP contribution < -0.4 is 16.4 Å². The number of benzene rings is 1. The molecule has 0 unspecified atom stereocenters. The summed E-state index contributed by atoms with van der Waals surface area (Å²) in [7, 11) is 1.41. The number of carbonyl (C=O) groups excluding carboxylic acids is 3. The van der Waals surface area contributed by atoms with Crippen LogP contribution in [0.15, 0.2) is 24.3 Å². The lowest BCUT2D eigenvalue weighted by Gasteiger charge is -2.16. The van der Waals surface area contributed by atoms with Crippen LogP contribution in [0.4, 0.5) is 0 Å². The fraction of sp³-hybridized carbons (Fsp3) is 0.267. The second-order valence-corrected chi connectivity index (χ2v) is 4.38. The van der Waals surface area contributed by atoms with Gasteiger partial charge in [-0.25, -0.2) is 0 Å². The predicted octanol–water partition coefficient (Wildman–Crippen LogP) is -0.683. The number of likely N-dealkylation sites (N-methyl/N-ethyl adjacent to an activating group) is 1. The van der Waals surface area contributed by atoms with Crippen molar-refractivity contribution in [3.05, 3.63) is 35.4 Å². The first kappa shape index (κ1) is 16.2. The van der Waals surface area contributed by atoms with Gasteiger partial charge in [-0.2, -0.15) is 0 Å². The van der Waals surface area contributed by atoms with Gasteiger partial charge in [0.15, 0.2) is 0 Å². The van der Waals surface area contributed by atoms with Crippen LogP contribution >= 0.6 is 0 Å². The topological polar surface area (TPSA) is 101 Å². The van der Waals surface area contributed by atoms with Crippen molar-refractivity contribution in [3.8, 4) is 12.3 Å². The van der Waals surface area contributed by atoms with E-state index >= 15 is 0 Å². The Hall–Kier alpha value is -2.81. The van der Waals surface area contributed by atoms with Crippen LogP contribution in [0.2, 0.25) is 0 Å². The molecule has 0 radical (unpaired) electrons. The Morgan fingerprint density at radius 1 is 1.33 bits per heavy atom. The first-order chi connectivity index (χ1) is 9.97. The Bertz CT molecular complexity index is 590. The summed E-state index contributed by atoms with van der Waals surface area (Å²) in [6.07, 6.45) is 5.12. The molecule has 1 atom stereocenters. The molecule has 0 bridgehead atoms. The Morgan fingerprint density at radius 2 is 2.00 bits per heavy atom. The van der Waals surface area contributed by atoms with Crippen molar-refractivity contribution in [2.75, 3.05) is 7.05 Å². The number of carbonyl (C=O) groups is 3. The molecule has 0 fully saturated rings. The second kappa shape index (κ2) is 7.70. The smallest absolute Gasteiger partial charge is 0.242 e. The quantitative estimate of drug-likeness (QED) is 0.604. The van der Waals surface area contributed by atoms with Crippen LogP contribution in [0.25, 0.3) is 0 Å². The van der Waals surface area contributed by atoms with E-state index in [0.29, 0.717) is 11.1 Å². The van der Waals surface area contributed by atoms with Crippen molar-refractivity contribution in [1.82, 2.24) is 10.6 Å². The maximum atomic E-state index is 12.0. The summed E-state index contributed by atoms with van der Waals surface area (Å²) < 4.78 is 0. The van der Waals surface area contributed by atoms with Gasteiger partial charge in [-0.05, 0) is 11.6 Å². The average Bonchev–Trinajstić information content (AvgIpc) is 2.45. The molecule has 1 aromatic rings. The lowest BCUT2D eigenvalue weighted by Crippen LogP contribution is -2.48. The van der Waals surface area contributed by atoms with E-state index < -0.39 is 23.8 Å². The Morgan fingerprint density at radius 3 is 2.57 bits per heavy atom. The molecule has 6 heteroatoms. The number of terminal acetylenes is 1. The highest BCUT2D eigenvalue weighted by molar-refractivity contribution is 5.92. The maximum absolute atomic E-state index is 12.0. The van der Waals surface area contributed by atoms with Gasteiger partial charge < -0.3 is 16.4 Å². The number of nitrogens with two attached hydrogens (primary N) is 1. The van der Waals surface area contributed by atoms with Gasteiger partial charge in [0, 0.05) is 12.6 Å². The summed E-state index contributed by atoms with van der Waals surface area (Å²) in [6.45, 7) is 0. The molecular weight excluding hydrogens is 270 g/mol. The highest BCUT2D eigenvalue weighted by atomic mass is 16.2. The highest BCUT2D eigenvalue weighted by Crippen LogP contribution is 2.08. The minimum atomic E-state index is -0.988. The molecule has 0 saturated carbocycles. The summed E-state index contributed by atoms with van der Waals surface area (Å²) in [5.41, 5.74) is 6.35. The first-order valence-electron chi connectivity index (χ1n) is 6.31. The van der Waals surface area contributed by atoms with E-state index in [1.54, 1.807) is 24.3 Å². The molecule has 4 N–H and O–H groups in total. The first-order valence-corrected chi connectivity index (χ1v) is 6.31. The third-order valence-electron chi connectivity index (χ3n) is 2.83. The largest absolute Gasteiger partial charge is 0.370 e. The van der Waals surface area contributed by atoms with Crippen LogP contribution in [0.5, 0.6) is 0 Å². The Kier molecular flexibility index (Phi) is 5.96. The molecule has 3 amide bonds. The molecule has 0 heterocycles. The highest BCUT2D eigenvalue weighted by Gasteiger charge is 2.22. The lowest BCUT2D eigenvalue weighted by atomic mass is 10.0. The summed E-state index contributed by atoms with van der Waals surface area (Å²) >= 11 is 0. The molecule has 1 aromatic carbocycles. The van der Waals surface area contributed by atoms with Gasteiger partial charge in [-0.3, -0.25) is 14.4 Å². The summed E-state index contributed by atoms with van der Waals surface area (Å²) in [4.78, 5) is 34.5. The monoisotopic (exact) mass is 287 g/mol. The Labute approximate surface area is 123 Å². The van der Waals surface area contributed by atoms with Gasteiger partial charge in [-0.1, -0.05) is 24.1 Å². The molecule has 1 rings (SSSR count). The third kappa shape index (κ3) is 4.99. The minimum Gasteiger partial charge on any atom is -0.370 e. The summed E-state index contributed by atoms with van der Waals surface area (Å²) in [5, 5.41) is 4.85. The van der Waals surface area contributed by atoms with E-state index in [1.165, 1.54) is 7.05 Å². The van der Waals surface area contributed by atoms with E-state index in [0.717, 1.165) is 0 Å². The number of amides is 3. The van der Waals surface area contributed by atoms with Gasteiger partial charge in [0.05, 0.1) is 12.8 Å². The number of primary amides is 1. The van der Waals surface area contributed by atoms with Crippen LogP contribution in [-0.2, 0) is 20.8 Å². The fourth-order valence-corrected chi connectivity index (χ4v) is 1.82. The van der Waals surface area contributed by atoms with Gasteiger partial charge >= 0.3 is 0 Å².